The van der Waals surface area contributed by atoms with Gasteiger partial charge in [-0.05, 0) is 37.5 Å². The first-order chi connectivity index (χ1) is 6.41. The van der Waals surface area contributed by atoms with Gasteiger partial charge < -0.3 is 10.2 Å². The van der Waals surface area contributed by atoms with Gasteiger partial charge in [0.05, 0.1) is 5.60 Å². The molecule has 0 aromatic carbocycles. The second kappa shape index (κ2) is 4.30. The van der Waals surface area contributed by atoms with Crippen molar-refractivity contribution in [3.63, 3.8) is 0 Å². The summed E-state index contributed by atoms with van der Waals surface area (Å²) in [4.78, 5) is 10.4. The molecule has 1 saturated carbocycles. The molecule has 0 spiro atoms. The molecule has 1 rings (SSSR count). The molecule has 0 aromatic heterocycles. The Hall–Kier alpha value is -0.570. The van der Waals surface area contributed by atoms with Crippen LogP contribution in [0.2, 0.25) is 0 Å². The van der Waals surface area contributed by atoms with E-state index >= 15 is 0 Å². The fourth-order valence-corrected chi connectivity index (χ4v) is 2.78. The highest BCUT2D eigenvalue weighted by atomic mass is 16.4. The molecule has 2 atom stereocenters. The van der Waals surface area contributed by atoms with Crippen molar-refractivity contribution in [3.8, 4) is 0 Å². The lowest BCUT2D eigenvalue weighted by Crippen LogP contribution is -2.38. The first-order valence-corrected chi connectivity index (χ1v) is 5.35. The molecule has 0 bridgehead atoms. The summed E-state index contributed by atoms with van der Waals surface area (Å²) >= 11 is 0. The Morgan fingerprint density at radius 3 is 2.29 bits per heavy atom. The van der Waals surface area contributed by atoms with Crippen molar-refractivity contribution in [2.24, 2.45) is 11.8 Å². The Morgan fingerprint density at radius 1 is 1.36 bits per heavy atom. The number of carboxylic acid groups (broad SMARTS) is 1. The molecule has 1 aliphatic carbocycles. The van der Waals surface area contributed by atoms with Crippen LogP contribution < -0.4 is 0 Å². The van der Waals surface area contributed by atoms with Crippen molar-refractivity contribution < 1.29 is 15.0 Å². The molecule has 0 heterocycles. The fourth-order valence-electron chi connectivity index (χ4n) is 2.78. The van der Waals surface area contributed by atoms with Crippen LogP contribution in [-0.2, 0) is 4.79 Å². The van der Waals surface area contributed by atoms with Crippen molar-refractivity contribution in [1.29, 1.82) is 0 Å². The van der Waals surface area contributed by atoms with Crippen LogP contribution in [0.1, 0.15) is 46.0 Å². The van der Waals surface area contributed by atoms with Gasteiger partial charge in [0.25, 0.3) is 0 Å². The van der Waals surface area contributed by atoms with E-state index in [1.54, 1.807) is 0 Å². The highest BCUT2D eigenvalue weighted by molar-refractivity contribution is 5.66. The smallest absolute Gasteiger partial charge is 0.303 e. The molecular weight excluding hydrogens is 180 g/mol. The van der Waals surface area contributed by atoms with Crippen LogP contribution in [0.25, 0.3) is 0 Å². The van der Waals surface area contributed by atoms with Gasteiger partial charge in [-0.2, -0.15) is 0 Å². The van der Waals surface area contributed by atoms with Gasteiger partial charge in [-0.25, -0.2) is 0 Å². The van der Waals surface area contributed by atoms with E-state index in [1.165, 1.54) is 0 Å². The van der Waals surface area contributed by atoms with Gasteiger partial charge >= 0.3 is 5.97 Å². The average Bonchev–Trinajstić information content (AvgIpc) is 1.98. The number of carbonyl (C=O) groups is 1. The van der Waals surface area contributed by atoms with E-state index in [-0.39, 0.29) is 6.42 Å². The zero-order valence-electron chi connectivity index (χ0n) is 8.99. The molecule has 0 aromatic rings. The fraction of sp³-hybridized carbons (Fsp3) is 0.909. The number of hydrogen-bond donors (Lipinski definition) is 2. The molecule has 14 heavy (non-hydrogen) atoms. The van der Waals surface area contributed by atoms with Crippen molar-refractivity contribution >= 4 is 5.97 Å². The predicted octanol–water partition coefficient (Wildman–Crippen LogP) is 2.04. The lowest BCUT2D eigenvalue weighted by atomic mass is 9.72. The summed E-state index contributed by atoms with van der Waals surface area (Å²) in [5.74, 6) is 0.208. The Morgan fingerprint density at radius 2 is 1.86 bits per heavy atom. The molecule has 1 fully saturated rings. The molecule has 0 radical (unpaired) electrons. The van der Waals surface area contributed by atoms with Crippen LogP contribution >= 0.6 is 0 Å². The topological polar surface area (TPSA) is 57.5 Å². The number of carboxylic acids is 1. The van der Waals surface area contributed by atoms with Gasteiger partial charge in [0.15, 0.2) is 0 Å². The minimum absolute atomic E-state index is 0.0793. The molecular formula is C11H20O3. The van der Waals surface area contributed by atoms with Gasteiger partial charge in [-0.3, -0.25) is 4.79 Å². The molecule has 0 amide bonds. The van der Waals surface area contributed by atoms with Crippen LogP contribution in [0.4, 0.5) is 0 Å². The Labute approximate surface area is 85.1 Å². The van der Waals surface area contributed by atoms with E-state index in [9.17, 15) is 9.90 Å². The van der Waals surface area contributed by atoms with Crippen molar-refractivity contribution in [3.05, 3.63) is 0 Å². The largest absolute Gasteiger partial charge is 0.481 e. The minimum Gasteiger partial charge on any atom is -0.481 e. The second-order valence-electron chi connectivity index (χ2n) is 4.97. The van der Waals surface area contributed by atoms with Crippen molar-refractivity contribution in [2.45, 2.75) is 51.6 Å². The van der Waals surface area contributed by atoms with Crippen molar-refractivity contribution in [2.75, 3.05) is 0 Å². The quantitative estimate of drug-likeness (QED) is 0.733. The summed E-state index contributed by atoms with van der Waals surface area (Å²) in [5.41, 5.74) is -0.727. The standard InChI is InChI=1S/C11H20O3/c1-8-5-9(2)7-11(14,6-8)4-3-10(12)13/h8-9,14H,3-7H2,1-2H3,(H,12,13). The number of aliphatic carboxylic acids is 1. The monoisotopic (exact) mass is 200 g/mol. The van der Waals surface area contributed by atoms with E-state index in [0.29, 0.717) is 18.3 Å². The minimum atomic E-state index is -0.815. The normalized spacial score (nSPS) is 38.2. The highest BCUT2D eigenvalue weighted by Crippen LogP contribution is 2.38. The first-order valence-electron chi connectivity index (χ1n) is 5.35. The summed E-state index contributed by atoms with van der Waals surface area (Å²) in [6.45, 7) is 4.25. The number of hydrogen-bond acceptors (Lipinski definition) is 2. The third-order valence-corrected chi connectivity index (χ3v) is 3.07. The average molecular weight is 200 g/mol. The summed E-state index contributed by atoms with van der Waals surface area (Å²) < 4.78 is 0. The third kappa shape index (κ3) is 3.29. The summed E-state index contributed by atoms with van der Waals surface area (Å²) in [7, 11) is 0. The zero-order chi connectivity index (χ0) is 10.8. The van der Waals surface area contributed by atoms with Crippen LogP contribution in [0, 0.1) is 11.8 Å². The molecule has 3 nitrogen and oxygen atoms in total. The maximum Gasteiger partial charge on any atom is 0.303 e. The van der Waals surface area contributed by atoms with Gasteiger partial charge in [0, 0.05) is 6.42 Å². The first kappa shape index (κ1) is 11.5. The van der Waals surface area contributed by atoms with E-state index in [1.807, 2.05) is 0 Å². The molecule has 0 aliphatic heterocycles. The van der Waals surface area contributed by atoms with Crippen LogP contribution in [0.5, 0.6) is 0 Å². The Bertz CT molecular complexity index is 203. The molecule has 3 heteroatoms. The van der Waals surface area contributed by atoms with Gasteiger partial charge in [0.1, 0.15) is 0 Å². The number of aliphatic hydroxyl groups is 1. The van der Waals surface area contributed by atoms with E-state index in [4.69, 9.17) is 5.11 Å². The van der Waals surface area contributed by atoms with E-state index < -0.39 is 11.6 Å². The lowest BCUT2D eigenvalue weighted by Gasteiger charge is -2.38. The Kier molecular flexibility index (Phi) is 3.53. The lowest BCUT2D eigenvalue weighted by molar-refractivity contribution is -0.139. The summed E-state index contributed by atoms with van der Waals surface area (Å²) in [5, 5.41) is 18.8. The molecule has 2 N–H and O–H groups in total. The molecule has 2 unspecified atom stereocenters. The molecule has 1 aliphatic rings. The second-order valence-corrected chi connectivity index (χ2v) is 4.97. The molecule has 82 valence electrons. The van der Waals surface area contributed by atoms with Crippen LogP contribution in [0.15, 0.2) is 0 Å². The van der Waals surface area contributed by atoms with E-state index in [0.717, 1.165) is 19.3 Å². The van der Waals surface area contributed by atoms with Gasteiger partial charge in [-0.15, -0.1) is 0 Å². The van der Waals surface area contributed by atoms with Gasteiger partial charge in [0.2, 0.25) is 0 Å². The number of rotatable bonds is 3. The predicted molar refractivity (Wildman–Crippen MR) is 54.0 cm³/mol. The van der Waals surface area contributed by atoms with Crippen LogP contribution in [0.3, 0.4) is 0 Å². The van der Waals surface area contributed by atoms with E-state index in [2.05, 4.69) is 13.8 Å². The maximum absolute atomic E-state index is 10.4. The summed E-state index contributed by atoms with van der Waals surface area (Å²) in [6, 6.07) is 0. The zero-order valence-corrected chi connectivity index (χ0v) is 8.99. The highest BCUT2D eigenvalue weighted by Gasteiger charge is 2.35. The summed E-state index contributed by atoms with van der Waals surface area (Å²) in [6.07, 6.45) is 3.14. The molecule has 0 saturated heterocycles. The SMILES string of the molecule is CC1CC(C)CC(O)(CCC(=O)O)C1. The van der Waals surface area contributed by atoms with Gasteiger partial charge in [-0.1, -0.05) is 13.8 Å². The third-order valence-electron chi connectivity index (χ3n) is 3.07. The van der Waals surface area contributed by atoms with Crippen molar-refractivity contribution in [1.82, 2.24) is 0 Å². The Balaban J connectivity index is 2.49. The van der Waals surface area contributed by atoms with Crippen LogP contribution in [-0.4, -0.2) is 21.8 Å². The maximum atomic E-state index is 10.4.